The van der Waals surface area contributed by atoms with Crippen molar-refractivity contribution in [3.63, 3.8) is 0 Å². The lowest BCUT2D eigenvalue weighted by Gasteiger charge is -2.41. The highest BCUT2D eigenvalue weighted by Crippen LogP contribution is 2.32. The smallest absolute Gasteiger partial charge is 0.309 e. The van der Waals surface area contributed by atoms with Gasteiger partial charge in [0.1, 0.15) is 5.60 Å². The van der Waals surface area contributed by atoms with E-state index in [2.05, 4.69) is 29.2 Å². The zero-order valence-corrected chi connectivity index (χ0v) is 20.8. The van der Waals surface area contributed by atoms with Crippen molar-refractivity contribution in [3.8, 4) is 0 Å². The van der Waals surface area contributed by atoms with Gasteiger partial charge in [-0.05, 0) is 82.2 Å². The van der Waals surface area contributed by atoms with Crippen LogP contribution < -0.4 is 4.90 Å². The second kappa shape index (κ2) is 10.2. The number of aryl methyl sites for hydroxylation is 2. The number of carbonyl (C=O) groups is 2. The number of benzene rings is 1. The first-order valence-corrected chi connectivity index (χ1v) is 12.3. The molecule has 0 amide bonds. The van der Waals surface area contributed by atoms with Crippen molar-refractivity contribution in [2.24, 2.45) is 5.92 Å². The summed E-state index contributed by atoms with van der Waals surface area (Å²) >= 11 is 0. The van der Waals surface area contributed by atoms with Crippen LogP contribution in [-0.2, 0) is 38.3 Å². The minimum Gasteiger partial charge on any atom is -0.469 e. The lowest BCUT2D eigenvalue weighted by atomic mass is 9.91. The van der Waals surface area contributed by atoms with Crippen molar-refractivity contribution in [1.82, 2.24) is 4.98 Å². The number of rotatable bonds is 7. The van der Waals surface area contributed by atoms with Gasteiger partial charge < -0.3 is 14.4 Å². The first-order chi connectivity index (χ1) is 16.2. The Hall–Kier alpha value is -2.89. The quantitative estimate of drug-likeness (QED) is 0.557. The number of anilines is 1. The molecule has 6 nitrogen and oxygen atoms in total. The molecule has 0 radical (unpaired) electrons. The van der Waals surface area contributed by atoms with Crippen LogP contribution in [0, 0.1) is 5.92 Å². The molecule has 0 spiro atoms. The van der Waals surface area contributed by atoms with Crippen LogP contribution in [-0.4, -0.2) is 42.7 Å². The molecular weight excluding hydrogens is 428 g/mol. The molecule has 0 saturated carbocycles. The largest absolute Gasteiger partial charge is 0.469 e. The van der Waals surface area contributed by atoms with Gasteiger partial charge in [0.2, 0.25) is 0 Å². The summed E-state index contributed by atoms with van der Waals surface area (Å²) in [4.78, 5) is 31.8. The van der Waals surface area contributed by atoms with Crippen LogP contribution in [0.15, 0.2) is 36.4 Å². The first-order valence-electron chi connectivity index (χ1n) is 12.3. The third kappa shape index (κ3) is 5.96. The summed E-state index contributed by atoms with van der Waals surface area (Å²) in [7, 11) is 1.35. The van der Waals surface area contributed by atoms with Crippen molar-refractivity contribution in [1.29, 1.82) is 0 Å². The van der Waals surface area contributed by atoms with E-state index in [0.717, 1.165) is 25.1 Å². The number of nitrogens with zero attached hydrogens (tertiary/aromatic N) is 2. The highest BCUT2D eigenvalue weighted by atomic mass is 16.6. The highest BCUT2D eigenvalue weighted by Gasteiger charge is 2.30. The zero-order chi connectivity index (χ0) is 24.3. The summed E-state index contributed by atoms with van der Waals surface area (Å²) < 4.78 is 10.3. The number of pyridine rings is 1. The number of hydrogen-bond donors (Lipinski definition) is 0. The Bertz CT molecular complexity index is 1020. The average molecular weight is 465 g/mol. The van der Waals surface area contributed by atoms with E-state index in [4.69, 9.17) is 14.5 Å². The van der Waals surface area contributed by atoms with Crippen molar-refractivity contribution >= 4 is 17.6 Å². The third-order valence-electron chi connectivity index (χ3n) is 6.65. The van der Waals surface area contributed by atoms with Crippen LogP contribution in [0.4, 0.5) is 5.69 Å². The molecule has 1 aliphatic heterocycles. The second-order valence-corrected chi connectivity index (χ2v) is 10.5. The third-order valence-corrected chi connectivity index (χ3v) is 6.65. The minimum atomic E-state index is -0.580. The van der Waals surface area contributed by atoms with Gasteiger partial charge in [-0.2, -0.15) is 0 Å². The van der Waals surface area contributed by atoms with Crippen LogP contribution in [0.3, 0.4) is 0 Å². The van der Waals surface area contributed by atoms with E-state index in [1.807, 2.05) is 32.9 Å². The van der Waals surface area contributed by atoms with Crippen molar-refractivity contribution < 1.29 is 19.1 Å². The maximum Gasteiger partial charge on any atom is 0.309 e. The van der Waals surface area contributed by atoms with Crippen molar-refractivity contribution in [2.75, 3.05) is 25.1 Å². The molecule has 2 heterocycles. The van der Waals surface area contributed by atoms with Gasteiger partial charge in [0.25, 0.3) is 0 Å². The monoisotopic (exact) mass is 464 g/mol. The van der Waals surface area contributed by atoms with E-state index in [1.165, 1.54) is 49.0 Å². The Morgan fingerprint density at radius 3 is 2.44 bits per heavy atom. The molecule has 1 fully saturated rings. The van der Waals surface area contributed by atoms with Gasteiger partial charge in [0.05, 0.1) is 19.4 Å². The van der Waals surface area contributed by atoms with Gasteiger partial charge in [0, 0.05) is 36.1 Å². The molecule has 1 aromatic heterocycles. The Morgan fingerprint density at radius 2 is 1.76 bits per heavy atom. The van der Waals surface area contributed by atoms with Crippen molar-refractivity contribution in [3.05, 3.63) is 58.9 Å². The van der Waals surface area contributed by atoms with E-state index >= 15 is 0 Å². The Kier molecular flexibility index (Phi) is 7.24. The van der Waals surface area contributed by atoms with Gasteiger partial charge in [-0.1, -0.05) is 18.2 Å². The molecule has 0 N–H and O–H groups in total. The molecule has 4 rings (SSSR count). The summed E-state index contributed by atoms with van der Waals surface area (Å²) in [6.45, 7) is 7.39. The minimum absolute atomic E-state index is 0.00722. The van der Waals surface area contributed by atoms with E-state index in [1.54, 1.807) is 0 Å². The molecule has 1 aromatic carbocycles. The number of fused-ring (bicyclic) bond motifs is 1. The van der Waals surface area contributed by atoms with Gasteiger partial charge in [-0.3, -0.25) is 14.6 Å². The van der Waals surface area contributed by atoms with E-state index in [-0.39, 0.29) is 12.4 Å². The fourth-order valence-electron chi connectivity index (χ4n) is 4.82. The summed E-state index contributed by atoms with van der Waals surface area (Å²) in [6, 6.07) is 12.7. The van der Waals surface area contributed by atoms with Gasteiger partial charge in [0.15, 0.2) is 0 Å². The lowest BCUT2D eigenvalue weighted by molar-refractivity contribution is -0.160. The Morgan fingerprint density at radius 1 is 1.06 bits per heavy atom. The summed E-state index contributed by atoms with van der Waals surface area (Å²) in [6.07, 6.45) is 5.26. The molecule has 34 heavy (non-hydrogen) atoms. The van der Waals surface area contributed by atoms with E-state index < -0.39 is 17.5 Å². The number of methoxy groups -OCH3 is 1. The molecule has 1 saturated heterocycles. The molecule has 6 heteroatoms. The Labute approximate surface area is 202 Å². The van der Waals surface area contributed by atoms with Crippen molar-refractivity contribution in [2.45, 2.75) is 70.8 Å². The number of esters is 2. The highest BCUT2D eigenvalue weighted by molar-refractivity contribution is 5.80. The fraction of sp³-hybridized carbons (Fsp3) is 0.536. The molecule has 2 aromatic rings. The Balaban J connectivity index is 1.33. The summed E-state index contributed by atoms with van der Waals surface area (Å²) in [5.74, 6) is -0.862. The lowest BCUT2D eigenvalue weighted by Crippen LogP contribution is -2.45. The predicted molar refractivity (Wildman–Crippen MR) is 132 cm³/mol. The molecule has 1 atom stereocenters. The zero-order valence-electron chi connectivity index (χ0n) is 20.8. The number of ether oxygens (including phenoxy) is 2. The molecule has 182 valence electrons. The fourth-order valence-corrected chi connectivity index (χ4v) is 4.82. The summed E-state index contributed by atoms with van der Waals surface area (Å²) in [5.41, 5.74) is 5.53. The van der Waals surface area contributed by atoms with Crippen LogP contribution >= 0.6 is 0 Å². The molecule has 2 aliphatic rings. The van der Waals surface area contributed by atoms with E-state index in [9.17, 15) is 9.59 Å². The molecule has 0 bridgehead atoms. The first kappa shape index (κ1) is 24.2. The van der Waals surface area contributed by atoms with Crippen LogP contribution in [0.5, 0.6) is 0 Å². The average Bonchev–Trinajstić information content (AvgIpc) is 2.77. The SMILES string of the molecule is COC(=O)[C@@H](CC(=O)OC(C)(C)C)Cc1ccc(N2CC(c3ccc4c(n3)CCCC4)C2)cc1. The molecule has 1 aliphatic carbocycles. The molecule has 0 unspecified atom stereocenters. The van der Waals surface area contributed by atoms with Gasteiger partial charge in [-0.25, -0.2) is 0 Å². The van der Waals surface area contributed by atoms with Gasteiger partial charge >= 0.3 is 11.9 Å². The standard InChI is InChI=1S/C28H36N2O4/c1-28(2,3)34-26(31)16-21(27(32)33-4)15-19-9-12-23(13-10-19)30-17-22(18-30)25-14-11-20-7-5-6-8-24(20)29-25/h9-14,21-22H,5-8,15-18H2,1-4H3/t21-/m1/s1. The predicted octanol–water partition coefficient (Wildman–Crippen LogP) is 4.63. The summed E-state index contributed by atoms with van der Waals surface area (Å²) in [5, 5.41) is 0. The topological polar surface area (TPSA) is 68.7 Å². The maximum absolute atomic E-state index is 12.3. The number of aromatic nitrogens is 1. The normalized spacial score (nSPS) is 16.9. The van der Waals surface area contributed by atoms with Crippen LogP contribution in [0.1, 0.15) is 68.5 Å². The van der Waals surface area contributed by atoms with Crippen LogP contribution in [0.2, 0.25) is 0 Å². The van der Waals surface area contributed by atoms with E-state index in [0.29, 0.717) is 12.3 Å². The number of hydrogen-bond acceptors (Lipinski definition) is 6. The molecular formula is C28H36N2O4. The maximum atomic E-state index is 12.3. The second-order valence-electron chi connectivity index (χ2n) is 10.5. The van der Waals surface area contributed by atoms with Gasteiger partial charge in [-0.15, -0.1) is 0 Å². The van der Waals surface area contributed by atoms with Crippen LogP contribution in [0.25, 0.3) is 0 Å². The number of carbonyl (C=O) groups excluding carboxylic acids is 2.